The Hall–Kier alpha value is -3.84. The number of fused-ring (bicyclic) bond motifs is 1. The summed E-state index contributed by atoms with van der Waals surface area (Å²) in [5.74, 6) is -4.57. The minimum absolute atomic E-state index is 0.00349. The molecule has 0 aliphatic heterocycles. The molecular formula is C24H21F3N2O7S. The standard InChI is InChI=1S/C24H21F3N2O7S/c1-15(10-17-13-28-12-16-6-2-3-7-19(16)17)35-20-8-4-5-9-21(20)37(33,34)29-18(14-30)11-22(31)36-23(32)24(25,26)27/h2-9,12-15,18,29H,10-11H2,1H3. The fraction of sp³-hybridized carbons (Fsp3) is 0.250. The van der Waals surface area contributed by atoms with Crippen LogP contribution < -0.4 is 9.46 Å². The summed E-state index contributed by atoms with van der Waals surface area (Å²) in [5.41, 5.74) is 0.872. The molecule has 3 rings (SSSR count). The second-order valence-electron chi connectivity index (χ2n) is 7.93. The maximum absolute atomic E-state index is 12.9. The van der Waals surface area contributed by atoms with E-state index in [0.29, 0.717) is 6.42 Å². The number of nitrogens with one attached hydrogen (secondary N) is 1. The van der Waals surface area contributed by atoms with Crippen molar-refractivity contribution in [2.24, 2.45) is 0 Å². The van der Waals surface area contributed by atoms with Gasteiger partial charge in [0.05, 0.1) is 12.5 Å². The van der Waals surface area contributed by atoms with Crippen molar-refractivity contribution >= 4 is 39.0 Å². The number of carbonyl (C=O) groups excluding carboxylic acids is 3. The van der Waals surface area contributed by atoms with Crippen LogP contribution in [-0.2, 0) is 35.6 Å². The summed E-state index contributed by atoms with van der Waals surface area (Å²) in [5, 5.41) is 1.88. The molecule has 0 aliphatic carbocycles. The van der Waals surface area contributed by atoms with Gasteiger partial charge in [-0.15, -0.1) is 0 Å². The van der Waals surface area contributed by atoms with Crippen LogP contribution in [0, 0.1) is 0 Å². The number of ether oxygens (including phenoxy) is 2. The lowest BCUT2D eigenvalue weighted by Crippen LogP contribution is -2.39. The Bertz CT molecular complexity index is 1410. The second-order valence-corrected chi connectivity index (χ2v) is 9.61. The van der Waals surface area contributed by atoms with Crippen LogP contribution in [-0.4, -0.2) is 49.9 Å². The van der Waals surface area contributed by atoms with Crippen molar-refractivity contribution < 1.29 is 45.4 Å². The molecule has 0 radical (unpaired) electrons. The summed E-state index contributed by atoms with van der Waals surface area (Å²) < 4.78 is 74.0. The van der Waals surface area contributed by atoms with Crippen molar-refractivity contribution in [1.29, 1.82) is 0 Å². The summed E-state index contributed by atoms with van der Waals surface area (Å²) in [6, 6.07) is 11.3. The van der Waals surface area contributed by atoms with E-state index in [1.165, 1.54) is 24.3 Å². The average molecular weight is 539 g/mol. The molecule has 1 heterocycles. The molecule has 1 aromatic heterocycles. The molecule has 2 unspecified atom stereocenters. The Morgan fingerprint density at radius 2 is 1.76 bits per heavy atom. The number of para-hydroxylation sites is 1. The summed E-state index contributed by atoms with van der Waals surface area (Å²) in [6.45, 7) is 1.72. The van der Waals surface area contributed by atoms with Crippen molar-refractivity contribution in [3.8, 4) is 5.75 Å². The summed E-state index contributed by atoms with van der Waals surface area (Å²) in [6.07, 6.45) is -3.31. The highest BCUT2D eigenvalue weighted by atomic mass is 32.2. The number of alkyl halides is 3. The molecule has 0 amide bonds. The first-order valence-electron chi connectivity index (χ1n) is 10.8. The third-order valence-electron chi connectivity index (χ3n) is 5.02. The molecule has 1 N–H and O–H groups in total. The molecular weight excluding hydrogens is 517 g/mol. The van der Waals surface area contributed by atoms with Crippen LogP contribution in [0.4, 0.5) is 13.2 Å². The number of pyridine rings is 1. The molecule has 0 fully saturated rings. The van der Waals surface area contributed by atoms with E-state index in [0.717, 1.165) is 16.3 Å². The summed E-state index contributed by atoms with van der Waals surface area (Å²) in [4.78, 5) is 37.6. The molecule has 2 aromatic carbocycles. The minimum atomic E-state index is -5.43. The SMILES string of the molecule is CC(Cc1cncc2ccccc12)Oc1ccccc1S(=O)(=O)NC(C=O)CC(=O)OC(=O)C(F)(F)F. The smallest absolute Gasteiger partial charge is 0.489 e. The molecule has 0 spiro atoms. The number of halogens is 3. The summed E-state index contributed by atoms with van der Waals surface area (Å²) >= 11 is 0. The van der Waals surface area contributed by atoms with Gasteiger partial charge in [0.15, 0.2) is 0 Å². The van der Waals surface area contributed by atoms with Crippen molar-refractivity contribution in [3.05, 3.63) is 66.5 Å². The lowest BCUT2D eigenvalue weighted by Gasteiger charge is -2.19. The van der Waals surface area contributed by atoms with Gasteiger partial charge in [-0.3, -0.25) is 9.78 Å². The number of aromatic nitrogens is 1. The first-order valence-corrected chi connectivity index (χ1v) is 12.3. The first kappa shape index (κ1) is 27.7. The van der Waals surface area contributed by atoms with Crippen LogP contribution in [0.1, 0.15) is 18.9 Å². The normalized spacial score (nSPS) is 13.5. The van der Waals surface area contributed by atoms with E-state index in [1.54, 1.807) is 19.3 Å². The van der Waals surface area contributed by atoms with Gasteiger partial charge < -0.3 is 14.3 Å². The van der Waals surface area contributed by atoms with Gasteiger partial charge in [-0.1, -0.05) is 36.4 Å². The van der Waals surface area contributed by atoms with E-state index in [-0.39, 0.29) is 16.9 Å². The number of esters is 2. The molecule has 0 saturated heterocycles. The monoisotopic (exact) mass is 538 g/mol. The van der Waals surface area contributed by atoms with Crippen molar-refractivity contribution in [2.75, 3.05) is 0 Å². The second kappa shape index (κ2) is 11.5. The summed E-state index contributed by atoms with van der Waals surface area (Å²) in [7, 11) is -4.49. The molecule has 0 aliphatic rings. The number of hydrogen-bond donors (Lipinski definition) is 1. The van der Waals surface area contributed by atoms with Gasteiger partial charge in [-0.05, 0) is 30.0 Å². The fourth-order valence-corrected chi connectivity index (χ4v) is 4.75. The Balaban J connectivity index is 1.73. The van der Waals surface area contributed by atoms with E-state index in [2.05, 4.69) is 9.72 Å². The van der Waals surface area contributed by atoms with Crippen molar-refractivity contribution in [3.63, 3.8) is 0 Å². The van der Waals surface area contributed by atoms with Crippen LogP contribution >= 0.6 is 0 Å². The van der Waals surface area contributed by atoms with Gasteiger partial charge >= 0.3 is 18.1 Å². The van der Waals surface area contributed by atoms with Crippen molar-refractivity contribution in [1.82, 2.24) is 9.71 Å². The van der Waals surface area contributed by atoms with E-state index in [4.69, 9.17) is 4.74 Å². The van der Waals surface area contributed by atoms with Gasteiger partial charge in [0, 0.05) is 24.2 Å². The Morgan fingerprint density at radius 3 is 2.46 bits per heavy atom. The van der Waals surface area contributed by atoms with E-state index in [9.17, 15) is 36.0 Å². The molecule has 37 heavy (non-hydrogen) atoms. The zero-order valence-electron chi connectivity index (χ0n) is 19.3. The number of carbonyl (C=O) groups is 3. The highest BCUT2D eigenvalue weighted by Gasteiger charge is 2.42. The van der Waals surface area contributed by atoms with Crippen LogP contribution in [0.3, 0.4) is 0 Å². The van der Waals surface area contributed by atoms with Crippen LogP contribution in [0.25, 0.3) is 10.8 Å². The highest BCUT2D eigenvalue weighted by molar-refractivity contribution is 7.89. The van der Waals surface area contributed by atoms with E-state index in [1.807, 2.05) is 29.0 Å². The number of benzene rings is 2. The fourth-order valence-electron chi connectivity index (χ4n) is 3.44. The molecule has 13 heteroatoms. The molecule has 196 valence electrons. The number of rotatable bonds is 10. The maximum Gasteiger partial charge on any atom is 0.491 e. The molecule has 0 saturated carbocycles. The molecule has 3 aromatic rings. The predicted molar refractivity (Wildman–Crippen MR) is 124 cm³/mol. The van der Waals surface area contributed by atoms with Gasteiger partial charge in [0.2, 0.25) is 10.0 Å². The lowest BCUT2D eigenvalue weighted by molar-refractivity contribution is -0.202. The van der Waals surface area contributed by atoms with Gasteiger partial charge in [-0.25, -0.2) is 17.9 Å². The number of nitrogens with zero attached hydrogens (tertiary/aromatic N) is 1. The number of hydrogen-bond acceptors (Lipinski definition) is 8. The lowest BCUT2D eigenvalue weighted by atomic mass is 10.0. The van der Waals surface area contributed by atoms with E-state index >= 15 is 0 Å². The Labute approximate surface area is 209 Å². The number of sulfonamides is 1. The van der Waals surface area contributed by atoms with E-state index < -0.39 is 46.7 Å². The third kappa shape index (κ3) is 7.33. The quantitative estimate of drug-likeness (QED) is 0.237. The zero-order valence-corrected chi connectivity index (χ0v) is 20.1. The molecule has 2 atom stereocenters. The van der Waals surface area contributed by atoms with Gasteiger partial charge in [0.25, 0.3) is 0 Å². The third-order valence-corrected chi connectivity index (χ3v) is 6.55. The molecule has 9 nitrogen and oxygen atoms in total. The first-order chi connectivity index (χ1) is 17.4. The number of aldehydes is 1. The van der Waals surface area contributed by atoms with Crippen LogP contribution in [0.5, 0.6) is 5.75 Å². The Kier molecular flexibility index (Phi) is 8.61. The topological polar surface area (TPSA) is 129 Å². The zero-order chi connectivity index (χ0) is 27.2. The van der Waals surface area contributed by atoms with Crippen LogP contribution in [0.2, 0.25) is 0 Å². The predicted octanol–water partition coefficient (Wildman–Crippen LogP) is 3.11. The van der Waals surface area contributed by atoms with Gasteiger partial charge in [-0.2, -0.15) is 13.2 Å². The van der Waals surface area contributed by atoms with Gasteiger partial charge in [0.1, 0.15) is 23.0 Å². The minimum Gasteiger partial charge on any atom is -0.489 e. The average Bonchev–Trinajstić information content (AvgIpc) is 2.83. The Morgan fingerprint density at radius 1 is 1.08 bits per heavy atom. The largest absolute Gasteiger partial charge is 0.491 e. The highest BCUT2D eigenvalue weighted by Crippen LogP contribution is 2.26. The molecule has 0 bridgehead atoms. The van der Waals surface area contributed by atoms with Crippen molar-refractivity contribution in [2.45, 2.75) is 43.0 Å². The van der Waals surface area contributed by atoms with Crippen LogP contribution in [0.15, 0.2) is 65.8 Å². The maximum atomic E-state index is 12.9.